The summed E-state index contributed by atoms with van der Waals surface area (Å²) in [6, 6.07) is 11.5. The van der Waals surface area contributed by atoms with Gasteiger partial charge in [-0.15, -0.1) is 0 Å². The fourth-order valence-electron chi connectivity index (χ4n) is 4.47. The van der Waals surface area contributed by atoms with E-state index < -0.39 is 34.6 Å². The molecule has 2 aromatic rings. The second-order valence-electron chi connectivity index (χ2n) is 8.31. The Bertz CT molecular complexity index is 1370. The van der Waals surface area contributed by atoms with Crippen LogP contribution in [0.3, 0.4) is 0 Å². The maximum absolute atomic E-state index is 12.5. The van der Waals surface area contributed by atoms with Gasteiger partial charge in [0.15, 0.2) is 0 Å². The first-order chi connectivity index (χ1) is 17.6. The lowest BCUT2D eigenvalue weighted by molar-refractivity contribution is -0.384. The van der Waals surface area contributed by atoms with Gasteiger partial charge < -0.3 is 20.3 Å². The number of nitro benzene ring substituents is 1. The van der Waals surface area contributed by atoms with Gasteiger partial charge in [0, 0.05) is 17.8 Å². The molecule has 12 nitrogen and oxygen atoms in total. The zero-order valence-corrected chi connectivity index (χ0v) is 19.5. The molecular formula is C25H21N3O9. The number of amides is 2. The Labute approximate surface area is 209 Å². The van der Waals surface area contributed by atoms with Crippen molar-refractivity contribution in [2.24, 2.45) is 0 Å². The lowest BCUT2D eigenvalue weighted by Crippen LogP contribution is -2.35. The normalized spacial score (nSPS) is 17.1. The number of non-ortho nitro benzene ring substituents is 1. The molecule has 0 aliphatic carbocycles. The molecule has 190 valence electrons. The Kier molecular flexibility index (Phi) is 6.85. The number of fused-ring (bicyclic) bond motifs is 1. The number of ether oxygens (including phenoxy) is 1. The van der Waals surface area contributed by atoms with Crippen LogP contribution < -0.4 is 5.32 Å². The van der Waals surface area contributed by atoms with Crippen molar-refractivity contribution in [3.8, 4) is 0 Å². The number of carbonyl (C=O) groups is 4. The standard InChI is InChI=1S/C25H21N3O9/c1-13-19(24(31)32)20(14-5-4-6-15(11-14)28(35)36)21(25(33)34)18(26-13)12-37-10-9-27-22(29)16-7-2-3-8-17(16)23(27)30/h2-8,11,20,26H,9-10,12H2,1H3,(H,31,32)(H,33,34). The van der Waals surface area contributed by atoms with Crippen LogP contribution in [0, 0.1) is 10.1 Å². The van der Waals surface area contributed by atoms with E-state index in [1.165, 1.54) is 25.1 Å². The Balaban J connectivity index is 1.57. The summed E-state index contributed by atoms with van der Waals surface area (Å²) in [5.41, 5.74) is -0.0350. The Morgan fingerprint density at radius 1 is 1.03 bits per heavy atom. The molecule has 2 aliphatic heterocycles. The third-order valence-corrected chi connectivity index (χ3v) is 6.10. The molecule has 2 heterocycles. The molecule has 3 N–H and O–H groups in total. The minimum absolute atomic E-state index is 0.0499. The number of nitrogens with zero attached hydrogens (tertiary/aromatic N) is 2. The molecule has 0 fully saturated rings. The number of hydrogen-bond acceptors (Lipinski definition) is 8. The van der Waals surface area contributed by atoms with Crippen LogP contribution in [0.1, 0.15) is 39.1 Å². The Hall–Kier alpha value is -4.84. The highest BCUT2D eigenvalue weighted by atomic mass is 16.6. The van der Waals surface area contributed by atoms with E-state index in [0.717, 1.165) is 11.0 Å². The van der Waals surface area contributed by atoms with Crippen molar-refractivity contribution in [3.05, 3.63) is 97.9 Å². The number of aliphatic carboxylic acids is 2. The Morgan fingerprint density at radius 2 is 1.65 bits per heavy atom. The van der Waals surface area contributed by atoms with Crippen molar-refractivity contribution in [1.29, 1.82) is 0 Å². The summed E-state index contributed by atoms with van der Waals surface area (Å²) in [7, 11) is 0. The van der Waals surface area contributed by atoms with E-state index in [-0.39, 0.29) is 53.5 Å². The van der Waals surface area contributed by atoms with Crippen molar-refractivity contribution in [1.82, 2.24) is 10.2 Å². The van der Waals surface area contributed by atoms with Crippen LogP contribution in [0.15, 0.2) is 71.1 Å². The number of imide groups is 1. The maximum Gasteiger partial charge on any atom is 0.334 e. The van der Waals surface area contributed by atoms with E-state index in [4.69, 9.17) is 4.74 Å². The summed E-state index contributed by atoms with van der Waals surface area (Å²) >= 11 is 0. The molecule has 0 spiro atoms. The van der Waals surface area contributed by atoms with Gasteiger partial charge in [-0.3, -0.25) is 24.6 Å². The highest BCUT2D eigenvalue weighted by molar-refractivity contribution is 6.21. The summed E-state index contributed by atoms with van der Waals surface area (Å²) in [5, 5.41) is 33.8. The number of nitro groups is 1. The van der Waals surface area contributed by atoms with Crippen LogP contribution in [-0.4, -0.2) is 63.5 Å². The van der Waals surface area contributed by atoms with Gasteiger partial charge in [-0.05, 0) is 24.6 Å². The van der Waals surface area contributed by atoms with E-state index in [9.17, 15) is 39.5 Å². The first-order valence-electron chi connectivity index (χ1n) is 11.1. The van der Waals surface area contributed by atoms with Gasteiger partial charge in [-0.25, -0.2) is 9.59 Å². The molecule has 4 rings (SSSR count). The molecule has 0 bridgehead atoms. The van der Waals surface area contributed by atoms with Crippen molar-refractivity contribution < 1.29 is 39.1 Å². The molecule has 1 unspecified atom stereocenters. The summed E-state index contributed by atoms with van der Waals surface area (Å²) in [5.74, 6) is -5.05. The molecule has 2 aromatic carbocycles. The molecule has 0 aromatic heterocycles. The zero-order valence-electron chi connectivity index (χ0n) is 19.5. The Morgan fingerprint density at radius 3 is 2.22 bits per heavy atom. The number of hydrogen-bond donors (Lipinski definition) is 3. The molecule has 1 atom stereocenters. The summed E-state index contributed by atoms with van der Waals surface area (Å²) in [6.07, 6.45) is 0. The van der Waals surface area contributed by atoms with E-state index >= 15 is 0 Å². The average molecular weight is 507 g/mol. The lowest BCUT2D eigenvalue weighted by atomic mass is 9.80. The summed E-state index contributed by atoms with van der Waals surface area (Å²) in [4.78, 5) is 61.0. The van der Waals surface area contributed by atoms with E-state index in [0.29, 0.717) is 11.1 Å². The van der Waals surface area contributed by atoms with E-state index in [2.05, 4.69) is 5.32 Å². The van der Waals surface area contributed by atoms with Gasteiger partial charge in [-0.1, -0.05) is 24.3 Å². The van der Waals surface area contributed by atoms with Crippen LogP contribution in [0.4, 0.5) is 5.69 Å². The molecule has 37 heavy (non-hydrogen) atoms. The predicted molar refractivity (Wildman–Crippen MR) is 127 cm³/mol. The zero-order chi connectivity index (χ0) is 26.9. The minimum Gasteiger partial charge on any atom is -0.478 e. The molecule has 12 heteroatoms. The van der Waals surface area contributed by atoms with Gasteiger partial charge in [0.05, 0.1) is 58.6 Å². The van der Waals surface area contributed by atoms with Gasteiger partial charge in [0.25, 0.3) is 17.5 Å². The predicted octanol–water partition coefficient (Wildman–Crippen LogP) is 2.29. The number of nitrogens with one attached hydrogen (secondary N) is 1. The van der Waals surface area contributed by atoms with E-state index in [1.807, 2.05) is 0 Å². The minimum atomic E-state index is -1.44. The van der Waals surface area contributed by atoms with Crippen molar-refractivity contribution in [3.63, 3.8) is 0 Å². The largest absolute Gasteiger partial charge is 0.478 e. The number of rotatable bonds is 9. The van der Waals surface area contributed by atoms with Crippen LogP contribution in [0.2, 0.25) is 0 Å². The fraction of sp³-hybridized carbons (Fsp3) is 0.200. The van der Waals surface area contributed by atoms with Crippen LogP contribution in [-0.2, 0) is 14.3 Å². The maximum atomic E-state index is 12.5. The van der Waals surface area contributed by atoms with Gasteiger partial charge in [0.1, 0.15) is 0 Å². The van der Waals surface area contributed by atoms with Gasteiger partial charge in [0.2, 0.25) is 0 Å². The molecular weight excluding hydrogens is 486 g/mol. The SMILES string of the molecule is CC1=C(C(=O)O)C(c2cccc([N+](=O)[O-])c2)C(C(=O)O)=C(COCCN2C(=O)c3ccccc3C2=O)N1. The fourth-order valence-corrected chi connectivity index (χ4v) is 4.47. The van der Waals surface area contributed by atoms with Crippen molar-refractivity contribution in [2.45, 2.75) is 12.8 Å². The number of dihydropyridines is 1. The highest BCUT2D eigenvalue weighted by Crippen LogP contribution is 2.39. The topological polar surface area (TPSA) is 176 Å². The number of benzene rings is 2. The third-order valence-electron chi connectivity index (χ3n) is 6.10. The highest BCUT2D eigenvalue weighted by Gasteiger charge is 2.38. The number of carboxylic acid groups (broad SMARTS) is 2. The molecule has 0 saturated carbocycles. The second kappa shape index (κ2) is 10.0. The van der Waals surface area contributed by atoms with Crippen LogP contribution >= 0.6 is 0 Å². The molecule has 0 radical (unpaired) electrons. The average Bonchev–Trinajstić information content (AvgIpc) is 3.10. The quantitative estimate of drug-likeness (QED) is 0.197. The van der Waals surface area contributed by atoms with Gasteiger partial charge >= 0.3 is 11.9 Å². The number of carboxylic acids is 2. The van der Waals surface area contributed by atoms with Crippen molar-refractivity contribution in [2.75, 3.05) is 19.8 Å². The lowest BCUT2D eigenvalue weighted by Gasteiger charge is -2.30. The molecule has 2 aliphatic rings. The molecule has 2 amide bonds. The monoisotopic (exact) mass is 507 g/mol. The molecule has 0 saturated heterocycles. The van der Waals surface area contributed by atoms with Crippen molar-refractivity contribution >= 4 is 29.4 Å². The third kappa shape index (κ3) is 4.69. The smallest absolute Gasteiger partial charge is 0.334 e. The van der Waals surface area contributed by atoms with Gasteiger partial charge in [-0.2, -0.15) is 0 Å². The summed E-state index contributed by atoms with van der Waals surface area (Å²) in [6.45, 7) is 0.955. The van der Waals surface area contributed by atoms with Crippen LogP contribution in [0.25, 0.3) is 0 Å². The number of carbonyl (C=O) groups excluding carboxylic acids is 2. The number of allylic oxidation sites excluding steroid dienone is 1. The van der Waals surface area contributed by atoms with Crippen LogP contribution in [0.5, 0.6) is 0 Å². The first-order valence-corrected chi connectivity index (χ1v) is 11.1. The first kappa shape index (κ1) is 25.3. The van der Waals surface area contributed by atoms with E-state index in [1.54, 1.807) is 24.3 Å². The second-order valence-corrected chi connectivity index (χ2v) is 8.31. The summed E-state index contributed by atoms with van der Waals surface area (Å²) < 4.78 is 5.59.